The molecule has 0 fully saturated rings. The highest BCUT2D eigenvalue weighted by atomic mass is 35.5. The molecule has 0 saturated heterocycles. The summed E-state index contributed by atoms with van der Waals surface area (Å²) < 4.78 is 29.8. The van der Waals surface area contributed by atoms with Crippen molar-refractivity contribution in [3.05, 3.63) is 53.1 Å². The first-order valence-electron chi connectivity index (χ1n) is 6.11. The van der Waals surface area contributed by atoms with Crippen molar-refractivity contribution in [2.45, 2.75) is 18.7 Å². The van der Waals surface area contributed by atoms with Crippen LogP contribution in [0.4, 0.5) is 0 Å². The molecule has 0 unspecified atom stereocenters. The number of benzene rings is 2. The first-order valence-corrected chi connectivity index (χ1v) is 8.14. The van der Waals surface area contributed by atoms with Gasteiger partial charge in [-0.2, -0.15) is 0 Å². The van der Waals surface area contributed by atoms with Gasteiger partial charge in [-0.1, -0.05) is 30.7 Å². The summed E-state index contributed by atoms with van der Waals surface area (Å²) >= 11 is 5.89. The lowest BCUT2D eigenvalue weighted by Crippen LogP contribution is -2.05. The Hall–Kier alpha value is -1.52. The van der Waals surface area contributed by atoms with Crippen LogP contribution in [0.1, 0.15) is 12.5 Å². The molecule has 0 spiro atoms. The molecule has 0 aromatic heterocycles. The van der Waals surface area contributed by atoms with Crippen molar-refractivity contribution in [1.29, 1.82) is 0 Å². The topological polar surface area (TPSA) is 43.4 Å². The van der Waals surface area contributed by atoms with Crippen molar-refractivity contribution in [1.82, 2.24) is 0 Å². The number of ether oxygens (including phenoxy) is 1. The second-order valence-electron chi connectivity index (χ2n) is 4.28. The Morgan fingerprint density at radius 1 is 1.25 bits per heavy atom. The highest BCUT2D eigenvalue weighted by Gasteiger charge is 2.18. The highest BCUT2D eigenvalue weighted by molar-refractivity contribution is 7.91. The van der Waals surface area contributed by atoms with Crippen LogP contribution in [0.25, 0.3) is 0 Å². The molecule has 20 heavy (non-hydrogen) atoms. The number of hydrogen-bond donors (Lipinski definition) is 0. The van der Waals surface area contributed by atoms with Crippen LogP contribution in [0.5, 0.6) is 11.5 Å². The van der Waals surface area contributed by atoms with E-state index < -0.39 is 9.84 Å². The lowest BCUT2D eigenvalue weighted by Gasteiger charge is -2.12. The molecule has 2 aromatic rings. The van der Waals surface area contributed by atoms with E-state index in [0.717, 1.165) is 5.56 Å². The largest absolute Gasteiger partial charge is 0.456 e. The number of halogens is 1. The molecule has 0 bridgehead atoms. The first kappa shape index (κ1) is 14.9. The van der Waals surface area contributed by atoms with Crippen LogP contribution in [0.2, 0.25) is 5.02 Å². The van der Waals surface area contributed by atoms with E-state index in [9.17, 15) is 8.42 Å². The van der Waals surface area contributed by atoms with E-state index in [-0.39, 0.29) is 10.6 Å². The number of para-hydroxylation sites is 1. The number of hydrogen-bond acceptors (Lipinski definition) is 3. The second kappa shape index (κ2) is 5.85. The molecular weight excluding hydrogens is 296 g/mol. The minimum Gasteiger partial charge on any atom is -0.456 e. The van der Waals surface area contributed by atoms with Gasteiger partial charge in [-0.3, -0.25) is 0 Å². The van der Waals surface area contributed by atoms with E-state index in [1.807, 2.05) is 6.92 Å². The van der Waals surface area contributed by atoms with Gasteiger partial charge in [0.15, 0.2) is 9.84 Å². The van der Waals surface area contributed by atoms with Crippen LogP contribution < -0.4 is 4.74 Å². The molecule has 1 radical (unpaired) electrons. The fourth-order valence-corrected chi connectivity index (χ4v) is 2.86. The van der Waals surface area contributed by atoms with E-state index in [2.05, 4.69) is 6.07 Å². The maximum absolute atomic E-state index is 12.1. The molecular formula is C15H14ClO3S. The SMILES string of the molecule is CCS(=O)(=O)c1ccccc1Oc1cc(Cl)[c]cc1C. The predicted molar refractivity (Wildman–Crippen MR) is 79.3 cm³/mol. The Labute approximate surface area is 124 Å². The molecule has 105 valence electrons. The summed E-state index contributed by atoms with van der Waals surface area (Å²) in [6.07, 6.45) is 0. The zero-order valence-corrected chi connectivity index (χ0v) is 12.8. The van der Waals surface area contributed by atoms with Gasteiger partial charge >= 0.3 is 0 Å². The van der Waals surface area contributed by atoms with Gasteiger partial charge in [0, 0.05) is 12.1 Å². The zero-order chi connectivity index (χ0) is 14.8. The van der Waals surface area contributed by atoms with Crippen LogP contribution in [0.3, 0.4) is 0 Å². The Morgan fingerprint density at radius 3 is 2.65 bits per heavy atom. The summed E-state index contributed by atoms with van der Waals surface area (Å²) in [5, 5.41) is 0.418. The van der Waals surface area contributed by atoms with Gasteiger partial charge in [0.25, 0.3) is 0 Å². The summed E-state index contributed by atoms with van der Waals surface area (Å²) in [7, 11) is -3.34. The number of aryl methyl sites for hydroxylation is 1. The van der Waals surface area contributed by atoms with Gasteiger partial charge in [0.05, 0.1) is 10.8 Å². The minimum atomic E-state index is -3.34. The van der Waals surface area contributed by atoms with Crippen molar-refractivity contribution >= 4 is 21.4 Å². The molecule has 2 rings (SSSR count). The summed E-state index contributed by atoms with van der Waals surface area (Å²) in [5.41, 5.74) is 0.832. The summed E-state index contributed by atoms with van der Waals surface area (Å²) in [4.78, 5) is 0.186. The third kappa shape index (κ3) is 3.14. The lowest BCUT2D eigenvalue weighted by molar-refractivity contribution is 0.464. The molecule has 0 N–H and O–H groups in total. The Bertz CT molecular complexity index is 724. The molecule has 0 saturated carbocycles. The smallest absolute Gasteiger partial charge is 0.181 e. The normalized spacial score (nSPS) is 11.3. The van der Waals surface area contributed by atoms with E-state index in [0.29, 0.717) is 16.5 Å². The van der Waals surface area contributed by atoms with Crippen molar-refractivity contribution in [3.63, 3.8) is 0 Å². The summed E-state index contributed by atoms with van der Waals surface area (Å²) in [5.74, 6) is 0.850. The zero-order valence-electron chi connectivity index (χ0n) is 11.2. The van der Waals surface area contributed by atoms with Gasteiger partial charge in [-0.15, -0.1) is 0 Å². The Balaban J connectivity index is 2.47. The van der Waals surface area contributed by atoms with E-state index in [1.54, 1.807) is 43.3 Å². The monoisotopic (exact) mass is 309 g/mol. The third-order valence-corrected chi connectivity index (χ3v) is 4.84. The van der Waals surface area contributed by atoms with Gasteiger partial charge in [-0.05, 0) is 30.7 Å². The van der Waals surface area contributed by atoms with Crippen LogP contribution in [-0.2, 0) is 9.84 Å². The van der Waals surface area contributed by atoms with Crippen LogP contribution in [0.15, 0.2) is 41.3 Å². The van der Waals surface area contributed by atoms with Crippen LogP contribution in [-0.4, -0.2) is 14.2 Å². The quantitative estimate of drug-likeness (QED) is 0.856. The summed E-state index contributed by atoms with van der Waals surface area (Å²) in [6.45, 7) is 3.45. The van der Waals surface area contributed by atoms with Gasteiger partial charge in [-0.25, -0.2) is 8.42 Å². The molecule has 0 aliphatic carbocycles. The van der Waals surface area contributed by atoms with E-state index >= 15 is 0 Å². The first-order chi connectivity index (χ1) is 9.44. The molecule has 0 amide bonds. The molecule has 3 nitrogen and oxygen atoms in total. The molecule has 0 atom stereocenters. The van der Waals surface area contributed by atoms with E-state index in [1.165, 1.54) is 0 Å². The molecule has 0 aliphatic rings. The van der Waals surface area contributed by atoms with Crippen molar-refractivity contribution in [2.24, 2.45) is 0 Å². The summed E-state index contributed by atoms with van der Waals surface area (Å²) in [6, 6.07) is 12.7. The Morgan fingerprint density at radius 2 is 1.95 bits per heavy atom. The number of rotatable bonds is 4. The van der Waals surface area contributed by atoms with Crippen LogP contribution in [0, 0.1) is 13.0 Å². The fraction of sp³-hybridized carbons (Fsp3) is 0.200. The van der Waals surface area contributed by atoms with E-state index in [4.69, 9.17) is 16.3 Å². The molecule has 2 aromatic carbocycles. The minimum absolute atomic E-state index is 0.0235. The molecule has 0 aliphatic heterocycles. The van der Waals surface area contributed by atoms with Crippen molar-refractivity contribution in [3.8, 4) is 11.5 Å². The second-order valence-corrected chi connectivity index (χ2v) is 6.93. The highest BCUT2D eigenvalue weighted by Crippen LogP contribution is 2.32. The lowest BCUT2D eigenvalue weighted by atomic mass is 10.2. The number of sulfone groups is 1. The van der Waals surface area contributed by atoms with Crippen molar-refractivity contribution < 1.29 is 13.2 Å². The predicted octanol–water partition coefficient (Wildman–Crippen LogP) is 4.03. The molecule has 5 heteroatoms. The molecule has 0 heterocycles. The van der Waals surface area contributed by atoms with Gasteiger partial charge in [0.1, 0.15) is 16.4 Å². The van der Waals surface area contributed by atoms with Crippen LogP contribution >= 0.6 is 11.6 Å². The fourth-order valence-electron chi connectivity index (χ4n) is 1.69. The third-order valence-electron chi connectivity index (χ3n) is 2.86. The average Bonchev–Trinajstić information content (AvgIpc) is 2.43. The maximum atomic E-state index is 12.1. The van der Waals surface area contributed by atoms with Gasteiger partial charge in [0.2, 0.25) is 0 Å². The Kier molecular flexibility index (Phi) is 4.35. The average molecular weight is 310 g/mol. The maximum Gasteiger partial charge on any atom is 0.181 e. The van der Waals surface area contributed by atoms with Gasteiger partial charge < -0.3 is 4.74 Å². The standard InChI is InChI=1S/C15H14ClO3S/c1-3-20(17,18)15-7-5-4-6-13(15)19-14-10-12(16)9-8-11(14)2/h4-8,10H,3H2,1-2H3. The van der Waals surface area contributed by atoms with Crippen molar-refractivity contribution in [2.75, 3.05) is 5.75 Å².